The molecule has 0 spiro atoms. The van der Waals surface area contributed by atoms with E-state index in [1.165, 1.54) is 19.4 Å². The number of benzene rings is 1. The Hall–Kier alpha value is -2.92. The van der Waals surface area contributed by atoms with E-state index < -0.39 is 15.7 Å². The summed E-state index contributed by atoms with van der Waals surface area (Å²) in [6.07, 6.45) is 4.51. The second-order valence-electron chi connectivity index (χ2n) is 11.8. The monoisotopic (exact) mass is 530 g/mol. The molecule has 1 amide bonds. The third-order valence-electron chi connectivity index (χ3n) is 6.44. The third kappa shape index (κ3) is 5.82. The van der Waals surface area contributed by atoms with Crippen LogP contribution in [0.3, 0.4) is 0 Å². The second kappa shape index (κ2) is 9.75. The van der Waals surface area contributed by atoms with E-state index in [-0.39, 0.29) is 16.9 Å². The van der Waals surface area contributed by atoms with E-state index in [1.54, 1.807) is 12.1 Å². The molecule has 3 heterocycles. The summed E-state index contributed by atoms with van der Waals surface area (Å²) < 4.78 is 36.5. The van der Waals surface area contributed by atoms with Crippen molar-refractivity contribution in [3.8, 4) is 0 Å². The SMILES string of the molecule is CN(c1ccc2c(c1)nc(C(C)(C)C)n2CC1CCOCC1)S(=O)(=O)n1cc(C(=O)NC(C)(C)C)cn1. The van der Waals surface area contributed by atoms with Crippen molar-refractivity contribution in [2.75, 3.05) is 24.6 Å². The zero-order valence-corrected chi connectivity index (χ0v) is 23.6. The first-order valence-electron chi connectivity index (χ1n) is 12.6. The number of fused-ring (bicyclic) bond motifs is 1. The highest BCUT2D eigenvalue weighted by Gasteiger charge is 2.28. The first kappa shape index (κ1) is 27.1. The summed E-state index contributed by atoms with van der Waals surface area (Å²) in [5.41, 5.74) is 1.71. The van der Waals surface area contributed by atoms with Crippen molar-refractivity contribution in [1.29, 1.82) is 0 Å². The van der Waals surface area contributed by atoms with Crippen LogP contribution in [0.15, 0.2) is 30.6 Å². The van der Waals surface area contributed by atoms with Crippen LogP contribution in [0.5, 0.6) is 0 Å². The fourth-order valence-electron chi connectivity index (χ4n) is 4.48. The lowest BCUT2D eigenvalue weighted by Crippen LogP contribution is -2.40. The smallest absolute Gasteiger partial charge is 0.345 e. The van der Waals surface area contributed by atoms with Crippen LogP contribution in [0.25, 0.3) is 11.0 Å². The molecular formula is C26H38N6O4S. The molecule has 202 valence electrons. The molecule has 0 saturated carbocycles. The number of imidazole rings is 1. The van der Waals surface area contributed by atoms with Gasteiger partial charge in [0.1, 0.15) is 5.82 Å². The van der Waals surface area contributed by atoms with Crippen molar-refractivity contribution in [2.45, 2.75) is 71.9 Å². The first-order valence-corrected chi connectivity index (χ1v) is 14.0. The van der Waals surface area contributed by atoms with Crippen LogP contribution < -0.4 is 9.62 Å². The predicted molar refractivity (Wildman–Crippen MR) is 144 cm³/mol. The van der Waals surface area contributed by atoms with Crippen molar-refractivity contribution in [1.82, 2.24) is 24.1 Å². The standard InChI is InChI=1S/C26H38N6O4S/c1-25(2,3)24-28-21-14-20(8-9-22(21)31(24)16-18-10-12-36-13-11-18)30(7)37(34,35)32-17-19(15-27-32)23(33)29-26(4,5)6/h8-9,14-15,17-18H,10-13,16H2,1-7H3,(H,29,33). The van der Waals surface area contributed by atoms with Gasteiger partial charge in [-0.3, -0.25) is 9.10 Å². The molecule has 0 atom stereocenters. The highest BCUT2D eigenvalue weighted by atomic mass is 32.2. The summed E-state index contributed by atoms with van der Waals surface area (Å²) in [6.45, 7) is 14.4. The normalized spacial score (nSPS) is 15.8. The lowest BCUT2D eigenvalue weighted by molar-refractivity contribution is 0.0611. The van der Waals surface area contributed by atoms with Crippen molar-refractivity contribution in [3.63, 3.8) is 0 Å². The number of nitrogens with zero attached hydrogens (tertiary/aromatic N) is 5. The minimum atomic E-state index is -4.06. The molecule has 3 aromatic rings. The lowest BCUT2D eigenvalue weighted by Gasteiger charge is -2.26. The van der Waals surface area contributed by atoms with Crippen LogP contribution in [-0.4, -0.2) is 58.9 Å². The molecule has 10 nitrogen and oxygen atoms in total. The molecule has 0 bridgehead atoms. The van der Waals surface area contributed by atoms with Gasteiger partial charge in [0.15, 0.2) is 0 Å². The molecule has 37 heavy (non-hydrogen) atoms. The number of carbonyl (C=O) groups excluding carboxylic acids is 1. The summed E-state index contributed by atoms with van der Waals surface area (Å²) in [7, 11) is -2.59. The van der Waals surface area contributed by atoms with Crippen molar-refractivity contribution in [3.05, 3.63) is 42.0 Å². The van der Waals surface area contributed by atoms with Crippen LogP contribution in [0.2, 0.25) is 0 Å². The van der Waals surface area contributed by atoms with Crippen LogP contribution in [-0.2, 0) is 26.9 Å². The average molecular weight is 531 g/mol. The fraction of sp³-hybridized carbons (Fsp3) is 0.577. The number of amides is 1. The van der Waals surface area contributed by atoms with Gasteiger partial charge < -0.3 is 14.6 Å². The Bertz CT molecular complexity index is 1390. The minimum Gasteiger partial charge on any atom is -0.381 e. The Morgan fingerprint density at radius 1 is 1.16 bits per heavy atom. The lowest BCUT2D eigenvalue weighted by atomic mass is 9.94. The third-order valence-corrected chi connectivity index (χ3v) is 8.02. The largest absolute Gasteiger partial charge is 0.381 e. The van der Waals surface area contributed by atoms with Gasteiger partial charge in [-0.05, 0) is 57.7 Å². The Kier molecular flexibility index (Phi) is 7.15. The predicted octanol–water partition coefficient (Wildman–Crippen LogP) is 3.71. The van der Waals surface area contributed by atoms with Crippen molar-refractivity contribution in [2.24, 2.45) is 5.92 Å². The van der Waals surface area contributed by atoms with Crippen molar-refractivity contribution >= 4 is 32.8 Å². The van der Waals surface area contributed by atoms with Gasteiger partial charge in [0.25, 0.3) is 5.91 Å². The quantitative estimate of drug-likeness (QED) is 0.520. The molecule has 1 fully saturated rings. The zero-order valence-electron chi connectivity index (χ0n) is 22.8. The molecular weight excluding hydrogens is 492 g/mol. The molecule has 1 aliphatic heterocycles. The van der Waals surface area contributed by atoms with E-state index in [4.69, 9.17) is 9.72 Å². The minimum absolute atomic E-state index is 0.170. The molecule has 4 rings (SSSR count). The van der Waals surface area contributed by atoms with Gasteiger partial charge in [-0.2, -0.15) is 13.5 Å². The molecule has 1 N–H and O–H groups in total. The van der Waals surface area contributed by atoms with Crippen molar-refractivity contribution < 1.29 is 17.9 Å². The summed E-state index contributed by atoms with van der Waals surface area (Å²) in [5.74, 6) is 1.10. The first-order chi connectivity index (χ1) is 17.2. The number of aromatic nitrogens is 4. The van der Waals surface area contributed by atoms with Crippen LogP contribution >= 0.6 is 0 Å². The number of hydrogen-bond acceptors (Lipinski definition) is 6. The van der Waals surface area contributed by atoms with Gasteiger partial charge in [-0.25, -0.2) is 4.98 Å². The molecule has 0 radical (unpaired) electrons. The van der Waals surface area contributed by atoms with Gasteiger partial charge >= 0.3 is 10.2 Å². The Balaban J connectivity index is 1.65. The number of carbonyl (C=O) groups is 1. The van der Waals surface area contributed by atoms with E-state index in [2.05, 4.69) is 35.8 Å². The summed E-state index contributed by atoms with van der Waals surface area (Å²) in [4.78, 5) is 17.4. The highest BCUT2D eigenvalue weighted by molar-refractivity contribution is 7.91. The number of rotatable bonds is 6. The van der Waals surface area contributed by atoms with Gasteiger partial charge in [0, 0.05) is 37.8 Å². The van der Waals surface area contributed by atoms with E-state index >= 15 is 0 Å². The number of ether oxygens (including phenoxy) is 1. The van der Waals surface area contributed by atoms with E-state index in [9.17, 15) is 13.2 Å². The topological polar surface area (TPSA) is 111 Å². The summed E-state index contributed by atoms with van der Waals surface area (Å²) >= 11 is 0. The van der Waals surface area contributed by atoms with Gasteiger partial charge in [-0.1, -0.05) is 20.8 Å². The molecule has 0 unspecified atom stereocenters. The van der Waals surface area contributed by atoms with E-state index in [0.29, 0.717) is 11.6 Å². The van der Waals surface area contributed by atoms with Gasteiger partial charge in [0.05, 0.1) is 34.7 Å². The maximum Gasteiger partial charge on any atom is 0.345 e. The zero-order chi connectivity index (χ0) is 27.2. The average Bonchev–Trinajstić information content (AvgIpc) is 3.44. The molecule has 1 aliphatic rings. The highest BCUT2D eigenvalue weighted by Crippen LogP contribution is 2.31. The maximum atomic E-state index is 13.3. The van der Waals surface area contributed by atoms with Crippen LogP contribution in [0, 0.1) is 5.92 Å². The van der Waals surface area contributed by atoms with E-state index in [1.807, 2.05) is 26.8 Å². The van der Waals surface area contributed by atoms with Gasteiger partial charge in [0.2, 0.25) is 0 Å². The molecule has 1 saturated heterocycles. The Morgan fingerprint density at radius 3 is 2.46 bits per heavy atom. The molecule has 11 heteroatoms. The Labute approximate surface area is 219 Å². The van der Waals surface area contributed by atoms with Crippen LogP contribution in [0.1, 0.15) is 70.6 Å². The summed E-state index contributed by atoms with van der Waals surface area (Å²) in [5, 5.41) is 6.77. The molecule has 1 aromatic carbocycles. The number of hydrogen-bond donors (Lipinski definition) is 1. The molecule has 2 aromatic heterocycles. The number of nitrogens with one attached hydrogen (secondary N) is 1. The Morgan fingerprint density at radius 2 is 1.84 bits per heavy atom. The maximum absolute atomic E-state index is 13.3. The number of anilines is 1. The van der Waals surface area contributed by atoms with Gasteiger partial charge in [-0.15, -0.1) is 4.09 Å². The van der Waals surface area contributed by atoms with E-state index in [0.717, 1.165) is 57.9 Å². The summed E-state index contributed by atoms with van der Waals surface area (Å²) in [6, 6.07) is 5.51. The fourth-order valence-corrected chi connectivity index (χ4v) is 5.52. The molecule has 0 aliphatic carbocycles. The van der Waals surface area contributed by atoms with Crippen LogP contribution in [0.4, 0.5) is 5.69 Å². The second-order valence-corrected chi connectivity index (χ2v) is 13.6.